The van der Waals surface area contributed by atoms with Crippen LogP contribution in [0.15, 0.2) is 60.0 Å². The van der Waals surface area contributed by atoms with E-state index in [2.05, 4.69) is 17.5 Å². The molecule has 3 aromatic rings. The van der Waals surface area contributed by atoms with Crippen LogP contribution in [0.3, 0.4) is 0 Å². The van der Waals surface area contributed by atoms with Crippen molar-refractivity contribution in [2.45, 2.75) is 50.0 Å². The van der Waals surface area contributed by atoms with E-state index >= 15 is 0 Å². The van der Waals surface area contributed by atoms with E-state index in [-0.39, 0.29) is 34.3 Å². The lowest BCUT2D eigenvalue weighted by Crippen LogP contribution is -2.49. The van der Waals surface area contributed by atoms with E-state index in [0.717, 1.165) is 43.4 Å². The van der Waals surface area contributed by atoms with Crippen molar-refractivity contribution < 1.29 is 14.0 Å². The summed E-state index contributed by atoms with van der Waals surface area (Å²) >= 11 is 7.45. The van der Waals surface area contributed by atoms with E-state index in [4.69, 9.17) is 11.6 Å². The molecule has 2 saturated carbocycles. The lowest BCUT2D eigenvalue weighted by atomic mass is 9.79. The monoisotopic (exact) mass is 590 g/mol. The number of urea groups is 1. The minimum Gasteiger partial charge on any atom is -0.338 e. The fourth-order valence-corrected chi connectivity index (χ4v) is 7.74. The first-order chi connectivity index (χ1) is 19.9. The SMILES string of the molecule is N#Cc1cccc([C@]23CC[C@@H](N(CC4CCN(C(=O)c5cccs5)CC4)C(=O)Nc4ccc(F)c(Cl)c4)C[C@H]2C3)c1. The second kappa shape index (κ2) is 11.5. The van der Waals surface area contributed by atoms with E-state index in [1.54, 1.807) is 0 Å². The molecule has 0 spiro atoms. The van der Waals surface area contributed by atoms with E-state index in [1.165, 1.54) is 35.1 Å². The van der Waals surface area contributed by atoms with Gasteiger partial charge < -0.3 is 15.1 Å². The first kappa shape index (κ1) is 27.7. The van der Waals surface area contributed by atoms with Crippen molar-refractivity contribution in [3.8, 4) is 6.07 Å². The van der Waals surface area contributed by atoms with Gasteiger partial charge in [-0.25, -0.2) is 9.18 Å². The lowest BCUT2D eigenvalue weighted by molar-refractivity contribution is 0.0661. The molecular formula is C32H32ClFN4O2S. The minimum absolute atomic E-state index is 0.0304. The average Bonchev–Trinajstić information content (AvgIpc) is 3.48. The Balaban J connectivity index is 1.15. The van der Waals surface area contributed by atoms with Crippen LogP contribution in [0.2, 0.25) is 5.02 Å². The fraction of sp³-hybridized carbons (Fsp3) is 0.406. The molecule has 1 aliphatic heterocycles. The highest BCUT2D eigenvalue weighted by molar-refractivity contribution is 7.12. The summed E-state index contributed by atoms with van der Waals surface area (Å²) in [5.41, 5.74) is 2.49. The number of hydrogen-bond donors (Lipinski definition) is 1. The van der Waals surface area contributed by atoms with Crippen molar-refractivity contribution in [3.05, 3.63) is 86.8 Å². The van der Waals surface area contributed by atoms with Gasteiger partial charge in [0.05, 0.1) is 21.5 Å². The van der Waals surface area contributed by atoms with Crippen molar-refractivity contribution in [3.63, 3.8) is 0 Å². The van der Waals surface area contributed by atoms with E-state index in [9.17, 15) is 19.2 Å². The van der Waals surface area contributed by atoms with Gasteiger partial charge >= 0.3 is 6.03 Å². The third-order valence-electron chi connectivity index (χ3n) is 9.24. The molecule has 1 aromatic heterocycles. The molecule has 6 rings (SSSR count). The number of halogens is 2. The van der Waals surface area contributed by atoms with Crippen LogP contribution in [0, 0.1) is 29.0 Å². The molecule has 3 amide bonds. The fourth-order valence-electron chi connectivity index (χ4n) is 6.87. The maximum Gasteiger partial charge on any atom is 0.322 e. The number of nitrogens with one attached hydrogen (secondary N) is 1. The molecule has 3 atom stereocenters. The zero-order chi connectivity index (χ0) is 28.6. The summed E-state index contributed by atoms with van der Waals surface area (Å²) in [7, 11) is 0. The summed E-state index contributed by atoms with van der Waals surface area (Å²) in [6.07, 6.45) is 5.50. The van der Waals surface area contributed by atoms with Crippen LogP contribution in [0.4, 0.5) is 14.9 Å². The highest BCUT2D eigenvalue weighted by Gasteiger charge is 2.58. The van der Waals surface area contributed by atoms with Crippen molar-refractivity contribution in [1.29, 1.82) is 5.26 Å². The van der Waals surface area contributed by atoms with Gasteiger partial charge in [-0.2, -0.15) is 5.26 Å². The Hall–Kier alpha value is -3.41. The molecule has 212 valence electrons. The number of amides is 3. The van der Waals surface area contributed by atoms with Gasteiger partial charge in [0, 0.05) is 31.4 Å². The summed E-state index contributed by atoms with van der Waals surface area (Å²) in [6, 6.07) is 18.1. The van der Waals surface area contributed by atoms with Crippen LogP contribution in [0.25, 0.3) is 0 Å². The van der Waals surface area contributed by atoms with Gasteiger partial charge in [0.1, 0.15) is 5.82 Å². The van der Waals surface area contributed by atoms with Gasteiger partial charge in [0.2, 0.25) is 0 Å². The zero-order valence-corrected chi connectivity index (χ0v) is 24.3. The largest absolute Gasteiger partial charge is 0.338 e. The van der Waals surface area contributed by atoms with Crippen LogP contribution < -0.4 is 5.32 Å². The van der Waals surface area contributed by atoms with Crippen molar-refractivity contribution in [1.82, 2.24) is 9.80 Å². The standard InChI is InChI=1S/C32H32ClFN4O2S/c33-27-17-25(6-7-28(27)34)36-31(40)38(20-21-9-12-37(13-10-21)30(39)29-5-2-14-41-29)26-8-11-32(18-24(32)16-26)23-4-1-3-22(15-23)19-35/h1-7,14-15,17,21,24,26H,8-13,16,18,20H2,(H,36,40)/t24-,26+,32+/m0/s1. The highest BCUT2D eigenvalue weighted by Crippen LogP contribution is 2.63. The molecule has 3 fully saturated rings. The third kappa shape index (κ3) is 5.71. The molecule has 0 radical (unpaired) electrons. The summed E-state index contributed by atoms with van der Waals surface area (Å²) in [5.74, 6) is 0.307. The molecule has 9 heteroatoms. The number of fused-ring (bicyclic) bond motifs is 1. The Morgan fingerprint density at radius 2 is 1.98 bits per heavy atom. The number of likely N-dealkylation sites (tertiary alicyclic amines) is 1. The Morgan fingerprint density at radius 1 is 1.15 bits per heavy atom. The van der Waals surface area contributed by atoms with Gasteiger partial charge in [-0.05, 0) is 103 Å². The molecule has 6 nitrogen and oxygen atoms in total. The van der Waals surface area contributed by atoms with Crippen LogP contribution in [0.5, 0.6) is 0 Å². The predicted molar refractivity (Wildman–Crippen MR) is 159 cm³/mol. The number of carbonyl (C=O) groups excluding carboxylic acids is 2. The second-order valence-electron chi connectivity index (χ2n) is 11.6. The number of hydrogen-bond acceptors (Lipinski definition) is 4. The minimum atomic E-state index is -0.525. The summed E-state index contributed by atoms with van der Waals surface area (Å²) in [4.78, 5) is 31.2. The number of anilines is 1. The number of benzene rings is 2. The Morgan fingerprint density at radius 3 is 2.68 bits per heavy atom. The smallest absolute Gasteiger partial charge is 0.322 e. The Labute approximate surface area is 248 Å². The molecule has 2 aromatic carbocycles. The molecule has 2 aliphatic carbocycles. The van der Waals surface area contributed by atoms with Crippen molar-refractivity contribution in [2.24, 2.45) is 11.8 Å². The molecule has 1 saturated heterocycles. The van der Waals surface area contributed by atoms with Gasteiger partial charge in [-0.15, -0.1) is 11.3 Å². The first-order valence-corrected chi connectivity index (χ1v) is 15.5. The second-order valence-corrected chi connectivity index (χ2v) is 13.0. The predicted octanol–water partition coefficient (Wildman–Crippen LogP) is 7.31. The zero-order valence-electron chi connectivity index (χ0n) is 22.7. The molecule has 3 aliphatic rings. The summed E-state index contributed by atoms with van der Waals surface area (Å²) < 4.78 is 13.7. The molecule has 1 N–H and O–H groups in total. The average molecular weight is 591 g/mol. The number of carbonyl (C=O) groups is 2. The summed E-state index contributed by atoms with van der Waals surface area (Å²) in [5, 5.41) is 14.2. The lowest BCUT2D eigenvalue weighted by Gasteiger charge is -2.40. The highest BCUT2D eigenvalue weighted by atomic mass is 35.5. The summed E-state index contributed by atoms with van der Waals surface area (Å²) in [6.45, 7) is 1.96. The van der Waals surface area contributed by atoms with Gasteiger partial charge in [-0.3, -0.25) is 4.79 Å². The Bertz CT molecular complexity index is 1480. The number of nitrogens with zero attached hydrogens (tertiary/aromatic N) is 3. The molecule has 0 bridgehead atoms. The van der Waals surface area contributed by atoms with E-state index in [0.29, 0.717) is 36.8 Å². The van der Waals surface area contributed by atoms with E-state index in [1.807, 2.05) is 45.5 Å². The normalized spacial score (nSPS) is 23.8. The number of piperidine rings is 1. The number of nitriles is 1. The maximum atomic E-state index is 13.7. The van der Waals surface area contributed by atoms with Crippen LogP contribution in [-0.4, -0.2) is 47.4 Å². The molecule has 2 heterocycles. The van der Waals surface area contributed by atoms with Gasteiger partial charge in [0.15, 0.2) is 0 Å². The van der Waals surface area contributed by atoms with Crippen LogP contribution in [0.1, 0.15) is 59.3 Å². The molecule has 41 heavy (non-hydrogen) atoms. The van der Waals surface area contributed by atoms with Crippen LogP contribution in [-0.2, 0) is 5.41 Å². The third-order valence-corrected chi connectivity index (χ3v) is 10.4. The number of rotatable bonds is 6. The van der Waals surface area contributed by atoms with E-state index < -0.39 is 5.82 Å². The van der Waals surface area contributed by atoms with Crippen molar-refractivity contribution >= 4 is 40.6 Å². The van der Waals surface area contributed by atoms with Crippen molar-refractivity contribution in [2.75, 3.05) is 25.0 Å². The molecular weight excluding hydrogens is 559 g/mol. The van der Waals surface area contributed by atoms with Gasteiger partial charge in [-0.1, -0.05) is 29.8 Å². The quantitative estimate of drug-likeness (QED) is 0.327. The maximum absolute atomic E-state index is 13.7. The topological polar surface area (TPSA) is 76.4 Å². The molecule has 0 unspecified atom stereocenters. The Kier molecular flexibility index (Phi) is 7.76. The number of thiophene rings is 1. The first-order valence-electron chi connectivity index (χ1n) is 14.2. The van der Waals surface area contributed by atoms with Gasteiger partial charge in [0.25, 0.3) is 5.91 Å². The van der Waals surface area contributed by atoms with Crippen LogP contribution >= 0.6 is 22.9 Å².